The normalized spacial score (nSPS) is 9.62. The van der Waals surface area contributed by atoms with E-state index in [1.165, 1.54) is 18.2 Å². The highest BCUT2D eigenvalue weighted by atomic mass is 35.5. The van der Waals surface area contributed by atoms with E-state index in [9.17, 15) is 9.59 Å². The first-order valence-corrected chi connectivity index (χ1v) is 4.89. The molecule has 0 aliphatic carbocycles. The van der Waals surface area contributed by atoms with E-state index >= 15 is 0 Å². The number of carbonyl (C=O) groups excluding carboxylic acids is 1. The molecule has 0 radical (unpaired) electrons. The Hall–Kier alpha value is -1.75. The van der Waals surface area contributed by atoms with E-state index in [1.54, 1.807) is 6.92 Å². The Balaban J connectivity index is 3.01. The molecular weight excluding hydrogens is 234 g/mol. The van der Waals surface area contributed by atoms with Crippen molar-refractivity contribution in [2.45, 2.75) is 6.92 Å². The van der Waals surface area contributed by atoms with Crippen LogP contribution in [0, 0.1) is 0 Å². The van der Waals surface area contributed by atoms with E-state index in [1.807, 2.05) is 0 Å². The summed E-state index contributed by atoms with van der Waals surface area (Å²) in [5, 5.41) is 11.3. The maximum absolute atomic E-state index is 11.2. The van der Waals surface area contributed by atoms with Gasteiger partial charge in [0.2, 0.25) is 0 Å². The molecule has 0 saturated heterocycles. The number of benzene rings is 1. The number of carbonyl (C=O) groups is 2. The number of para-hydroxylation sites is 1. The Morgan fingerprint density at radius 3 is 2.75 bits per heavy atom. The maximum Gasteiger partial charge on any atom is 0.411 e. The fourth-order valence-electron chi connectivity index (χ4n) is 1.10. The second-order valence-electron chi connectivity index (χ2n) is 2.81. The van der Waals surface area contributed by atoms with Gasteiger partial charge in [-0.25, -0.2) is 9.59 Å². The molecule has 6 heteroatoms. The van der Waals surface area contributed by atoms with Gasteiger partial charge in [-0.05, 0) is 19.1 Å². The summed E-state index contributed by atoms with van der Waals surface area (Å²) in [6.45, 7) is 1.84. The zero-order chi connectivity index (χ0) is 12.1. The molecule has 5 nitrogen and oxygen atoms in total. The highest BCUT2D eigenvalue weighted by Gasteiger charge is 2.15. The van der Waals surface area contributed by atoms with Crippen molar-refractivity contribution in [2.24, 2.45) is 0 Å². The molecule has 0 aliphatic heterocycles. The fourth-order valence-corrected chi connectivity index (χ4v) is 1.32. The minimum Gasteiger partial charge on any atom is -0.478 e. The summed E-state index contributed by atoms with van der Waals surface area (Å²) in [4.78, 5) is 22.0. The smallest absolute Gasteiger partial charge is 0.411 e. The van der Waals surface area contributed by atoms with Gasteiger partial charge in [-0.2, -0.15) is 0 Å². The highest BCUT2D eigenvalue weighted by Crippen LogP contribution is 2.26. The molecule has 0 aromatic heterocycles. The molecule has 0 unspecified atom stereocenters. The first-order valence-electron chi connectivity index (χ1n) is 4.51. The average Bonchev–Trinajstić information content (AvgIpc) is 2.21. The van der Waals surface area contributed by atoms with Gasteiger partial charge in [0.25, 0.3) is 0 Å². The van der Waals surface area contributed by atoms with E-state index < -0.39 is 12.1 Å². The van der Waals surface area contributed by atoms with Gasteiger partial charge in [-0.15, -0.1) is 0 Å². The van der Waals surface area contributed by atoms with E-state index in [-0.39, 0.29) is 22.9 Å². The van der Waals surface area contributed by atoms with Gasteiger partial charge in [-0.1, -0.05) is 17.7 Å². The van der Waals surface area contributed by atoms with Gasteiger partial charge >= 0.3 is 12.1 Å². The third-order valence-corrected chi connectivity index (χ3v) is 2.06. The lowest BCUT2D eigenvalue weighted by atomic mass is 10.2. The molecule has 2 N–H and O–H groups in total. The predicted molar refractivity (Wildman–Crippen MR) is 59.1 cm³/mol. The molecule has 1 aromatic rings. The summed E-state index contributed by atoms with van der Waals surface area (Å²) < 4.78 is 4.63. The van der Waals surface area contributed by atoms with E-state index in [4.69, 9.17) is 16.7 Å². The van der Waals surface area contributed by atoms with E-state index in [2.05, 4.69) is 10.1 Å². The second kappa shape index (κ2) is 5.37. The predicted octanol–water partition coefficient (Wildman–Crippen LogP) is 2.61. The molecule has 0 bridgehead atoms. The van der Waals surface area contributed by atoms with Crippen LogP contribution in [-0.2, 0) is 4.74 Å². The zero-order valence-corrected chi connectivity index (χ0v) is 9.25. The Kier molecular flexibility index (Phi) is 4.13. The van der Waals surface area contributed by atoms with Crippen LogP contribution in [0.3, 0.4) is 0 Å². The van der Waals surface area contributed by atoms with Crippen molar-refractivity contribution < 1.29 is 19.4 Å². The first-order chi connectivity index (χ1) is 7.56. The lowest BCUT2D eigenvalue weighted by Gasteiger charge is -2.09. The Morgan fingerprint density at radius 1 is 1.50 bits per heavy atom. The number of amides is 1. The number of hydrogen-bond donors (Lipinski definition) is 2. The van der Waals surface area contributed by atoms with Crippen molar-refractivity contribution in [2.75, 3.05) is 11.9 Å². The van der Waals surface area contributed by atoms with Crippen molar-refractivity contribution >= 4 is 29.4 Å². The maximum atomic E-state index is 11.2. The Morgan fingerprint density at radius 2 is 2.19 bits per heavy atom. The molecule has 0 spiro atoms. The van der Waals surface area contributed by atoms with Gasteiger partial charge in [0.1, 0.15) is 0 Å². The Bertz CT molecular complexity index is 419. The number of rotatable bonds is 3. The summed E-state index contributed by atoms with van der Waals surface area (Å²) in [6, 6.07) is 4.31. The van der Waals surface area contributed by atoms with Crippen molar-refractivity contribution in [1.82, 2.24) is 0 Å². The monoisotopic (exact) mass is 243 g/mol. The van der Waals surface area contributed by atoms with Crippen LogP contribution in [0.15, 0.2) is 18.2 Å². The van der Waals surface area contributed by atoms with Crippen molar-refractivity contribution in [3.8, 4) is 0 Å². The molecule has 0 fully saturated rings. The first kappa shape index (κ1) is 12.3. The van der Waals surface area contributed by atoms with Gasteiger partial charge in [-0.3, -0.25) is 5.32 Å². The molecule has 86 valence electrons. The number of anilines is 1. The summed E-state index contributed by atoms with van der Waals surface area (Å²) in [5.74, 6) is -1.17. The fraction of sp³-hybridized carbons (Fsp3) is 0.200. The van der Waals surface area contributed by atoms with Gasteiger partial charge in [0.15, 0.2) is 0 Å². The number of carboxylic acid groups (broad SMARTS) is 1. The van der Waals surface area contributed by atoms with Crippen LogP contribution in [0.2, 0.25) is 5.02 Å². The van der Waals surface area contributed by atoms with Gasteiger partial charge < -0.3 is 9.84 Å². The zero-order valence-electron chi connectivity index (χ0n) is 8.49. The van der Waals surface area contributed by atoms with Crippen LogP contribution in [0.5, 0.6) is 0 Å². The molecule has 1 amide bonds. The number of aromatic carboxylic acids is 1. The molecule has 1 rings (SSSR count). The minimum atomic E-state index is -1.17. The number of halogens is 1. The molecule has 0 saturated carbocycles. The average molecular weight is 244 g/mol. The Labute approximate surface area is 97.0 Å². The van der Waals surface area contributed by atoms with Crippen LogP contribution in [0.1, 0.15) is 17.3 Å². The molecule has 0 atom stereocenters. The number of carboxylic acids is 1. The summed E-state index contributed by atoms with van der Waals surface area (Å²) in [7, 11) is 0. The van der Waals surface area contributed by atoms with Crippen LogP contribution in [0.25, 0.3) is 0 Å². The summed E-state index contributed by atoms with van der Waals surface area (Å²) in [6.07, 6.45) is -0.738. The van der Waals surface area contributed by atoms with Crippen molar-refractivity contribution in [3.05, 3.63) is 28.8 Å². The van der Waals surface area contributed by atoms with Crippen molar-refractivity contribution in [3.63, 3.8) is 0 Å². The number of nitrogens with one attached hydrogen (secondary N) is 1. The third kappa shape index (κ3) is 2.87. The topological polar surface area (TPSA) is 75.6 Å². The standard InChI is InChI=1S/C10H10ClNO4/c1-2-16-10(15)12-8-6(9(13)14)4-3-5-7(8)11/h3-5H,2H2,1H3,(H,12,15)(H,13,14). The summed E-state index contributed by atoms with van der Waals surface area (Å²) in [5.41, 5.74) is -0.0457. The lowest BCUT2D eigenvalue weighted by molar-refractivity contribution is 0.0698. The van der Waals surface area contributed by atoms with E-state index in [0.717, 1.165) is 0 Å². The van der Waals surface area contributed by atoms with Crippen LogP contribution in [-0.4, -0.2) is 23.8 Å². The molecule has 0 heterocycles. The van der Waals surface area contributed by atoms with Crippen LogP contribution >= 0.6 is 11.6 Å². The molecule has 0 aliphatic rings. The lowest BCUT2D eigenvalue weighted by Crippen LogP contribution is -2.16. The van der Waals surface area contributed by atoms with Gasteiger partial charge in [0, 0.05) is 0 Å². The molecular formula is C10H10ClNO4. The van der Waals surface area contributed by atoms with Crippen LogP contribution < -0.4 is 5.32 Å². The molecule has 16 heavy (non-hydrogen) atoms. The largest absolute Gasteiger partial charge is 0.478 e. The number of ether oxygens (including phenoxy) is 1. The van der Waals surface area contributed by atoms with E-state index in [0.29, 0.717) is 0 Å². The number of hydrogen-bond acceptors (Lipinski definition) is 3. The molecule has 1 aromatic carbocycles. The SMILES string of the molecule is CCOC(=O)Nc1c(Cl)cccc1C(=O)O. The van der Waals surface area contributed by atoms with Crippen LogP contribution in [0.4, 0.5) is 10.5 Å². The quantitative estimate of drug-likeness (QED) is 0.856. The highest BCUT2D eigenvalue weighted by molar-refractivity contribution is 6.34. The van der Waals surface area contributed by atoms with Crippen molar-refractivity contribution in [1.29, 1.82) is 0 Å². The second-order valence-corrected chi connectivity index (χ2v) is 3.22. The van der Waals surface area contributed by atoms with Gasteiger partial charge in [0.05, 0.1) is 22.9 Å². The summed E-state index contributed by atoms with van der Waals surface area (Å²) >= 11 is 5.78. The minimum absolute atomic E-state index is 0.0371. The third-order valence-electron chi connectivity index (χ3n) is 1.75.